The summed E-state index contributed by atoms with van der Waals surface area (Å²) in [6.45, 7) is 2.19. The minimum atomic E-state index is -0.431. The first-order valence-corrected chi connectivity index (χ1v) is 7.74. The van der Waals surface area contributed by atoms with Gasteiger partial charge in [-0.2, -0.15) is 0 Å². The summed E-state index contributed by atoms with van der Waals surface area (Å²) in [6, 6.07) is 0. The van der Waals surface area contributed by atoms with Gasteiger partial charge in [0.05, 0.1) is 6.61 Å². The monoisotopic (exact) mass is 316 g/mol. The maximum Gasteiger partial charge on any atom is 0.305 e. The van der Waals surface area contributed by atoms with Gasteiger partial charge in [0.2, 0.25) is 0 Å². The van der Waals surface area contributed by atoms with E-state index in [1.54, 1.807) is 6.92 Å². The van der Waals surface area contributed by atoms with E-state index in [1.807, 2.05) is 0 Å². The van der Waals surface area contributed by atoms with Crippen LogP contribution in [0.15, 0.2) is 5.16 Å². The highest BCUT2D eigenvalue weighted by molar-refractivity contribution is 7.99. The summed E-state index contributed by atoms with van der Waals surface area (Å²) < 4.78 is 4.84. The van der Waals surface area contributed by atoms with Crippen LogP contribution in [-0.2, 0) is 9.53 Å². The van der Waals surface area contributed by atoms with Crippen LogP contribution >= 0.6 is 24.4 Å². The molecule has 1 aromatic rings. The quantitative estimate of drug-likeness (QED) is 0.273. The lowest BCUT2D eigenvalue weighted by Gasteiger charge is -2.19. The standard InChI is InChI=1S/C11H16N4O3S2/c1-2-18-6(16)4-3-5-20-11-12-7-8(14-11)13-10(19)15-9(7)17/h10,13,19H,2-5H2,1H3,(H,12,14)(H,15,17). The molecule has 9 heteroatoms. The average molecular weight is 316 g/mol. The summed E-state index contributed by atoms with van der Waals surface area (Å²) in [5.41, 5.74) is -0.0249. The Kier molecular flexibility index (Phi) is 5.18. The Morgan fingerprint density at radius 3 is 3.05 bits per heavy atom. The number of aromatic nitrogens is 2. The molecule has 0 saturated heterocycles. The van der Waals surface area contributed by atoms with E-state index in [4.69, 9.17) is 4.74 Å². The first-order valence-electron chi connectivity index (χ1n) is 6.24. The lowest BCUT2D eigenvalue weighted by atomic mass is 10.3. The topological polar surface area (TPSA) is 96.1 Å². The van der Waals surface area contributed by atoms with Crippen LogP contribution in [0.25, 0.3) is 0 Å². The first kappa shape index (κ1) is 15.0. The van der Waals surface area contributed by atoms with Gasteiger partial charge in [0.1, 0.15) is 11.2 Å². The van der Waals surface area contributed by atoms with Gasteiger partial charge in [-0.25, -0.2) is 4.98 Å². The number of hydrogen-bond donors (Lipinski definition) is 4. The molecular formula is C11H16N4O3S2. The van der Waals surface area contributed by atoms with Gasteiger partial charge in [0.15, 0.2) is 11.0 Å². The number of thioether (sulfide) groups is 1. The van der Waals surface area contributed by atoms with Crippen LogP contribution < -0.4 is 10.6 Å². The number of H-pyrrole nitrogens is 1. The number of rotatable bonds is 6. The largest absolute Gasteiger partial charge is 0.466 e. The van der Waals surface area contributed by atoms with Crippen molar-refractivity contribution in [1.29, 1.82) is 0 Å². The van der Waals surface area contributed by atoms with Crippen LogP contribution in [0.5, 0.6) is 0 Å². The lowest BCUT2D eigenvalue weighted by molar-refractivity contribution is -0.143. The van der Waals surface area contributed by atoms with Crippen LogP contribution in [0, 0.1) is 0 Å². The van der Waals surface area contributed by atoms with E-state index in [2.05, 4.69) is 33.2 Å². The summed E-state index contributed by atoms with van der Waals surface area (Å²) in [4.78, 5) is 30.0. The molecule has 0 aliphatic carbocycles. The molecule has 0 radical (unpaired) electrons. The molecule has 0 spiro atoms. The molecule has 0 aromatic carbocycles. The molecule has 1 aromatic heterocycles. The molecule has 0 fully saturated rings. The van der Waals surface area contributed by atoms with E-state index in [-0.39, 0.29) is 11.9 Å². The van der Waals surface area contributed by atoms with Crippen LogP contribution in [-0.4, -0.2) is 39.7 Å². The minimum Gasteiger partial charge on any atom is -0.466 e. The zero-order valence-electron chi connectivity index (χ0n) is 10.9. The summed E-state index contributed by atoms with van der Waals surface area (Å²) >= 11 is 5.59. The number of hydrogen-bond acceptors (Lipinski definition) is 7. The van der Waals surface area contributed by atoms with Crippen molar-refractivity contribution in [3.05, 3.63) is 5.69 Å². The van der Waals surface area contributed by atoms with Crippen LogP contribution in [0.1, 0.15) is 30.3 Å². The summed E-state index contributed by atoms with van der Waals surface area (Å²) in [5.74, 6) is 0.800. The SMILES string of the molecule is CCOC(=O)CCCSc1nc2c([nH]1)C(=O)NC(S)N2. The number of carbonyl (C=O) groups is 2. The molecule has 2 heterocycles. The maximum absolute atomic E-state index is 11.7. The Morgan fingerprint density at radius 1 is 1.50 bits per heavy atom. The van der Waals surface area contributed by atoms with E-state index in [0.717, 1.165) is 5.75 Å². The number of thiol groups is 1. The van der Waals surface area contributed by atoms with Crippen LogP contribution in [0.2, 0.25) is 0 Å². The van der Waals surface area contributed by atoms with Gasteiger partial charge in [0.25, 0.3) is 5.91 Å². The Balaban J connectivity index is 1.81. The highest BCUT2D eigenvalue weighted by Crippen LogP contribution is 2.24. The first-order chi connectivity index (χ1) is 9.60. The Labute approximate surface area is 126 Å². The number of amides is 1. The van der Waals surface area contributed by atoms with E-state index in [9.17, 15) is 9.59 Å². The normalized spacial score (nSPS) is 17.1. The molecule has 1 amide bonds. The lowest BCUT2D eigenvalue weighted by Crippen LogP contribution is -2.41. The van der Waals surface area contributed by atoms with Gasteiger partial charge < -0.3 is 20.4 Å². The molecule has 20 heavy (non-hydrogen) atoms. The second-order valence-electron chi connectivity index (χ2n) is 4.04. The summed E-state index contributed by atoms with van der Waals surface area (Å²) in [7, 11) is 0. The van der Waals surface area contributed by atoms with Crippen LogP contribution in [0.4, 0.5) is 5.82 Å². The molecule has 0 bridgehead atoms. The number of carbonyl (C=O) groups excluding carboxylic acids is 2. The highest BCUT2D eigenvalue weighted by atomic mass is 32.2. The molecule has 1 aliphatic heterocycles. The van der Waals surface area contributed by atoms with Crippen molar-refractivity contribution in [3.8, 4) is 0 Å². The zero-order chi connectivity index (χ0) is 14.5. The van der Waals surface area contributed by atoms with Crippen molar-refractivity contribution in [2.75, 3.05) is 17.7 Å². The number of anilines is 1. The number of ether oxygens (including phenoxy) is 1. The van der Waals surface area contributed by atoms with Crippen molar-refractivity contribution < 1.29 is 14.3 Å². The van der Waals surface area contributed by atoms with E-state index < -0.39 is 5.50 Å². The Hall–Kier alpha value is -1.35. The molecule has 1 unspecified atom stereocenters. The number of nitrogens with zero attached hydrogens (tertiary/aromatic N) is 1. The third-order valence-corrected chi connectivity index (χ3v) is 3.74. The van der Waals surface area contributed by atoms with Gasteiger partial charge in [-0.1, -0.05) is 11.8 Å². The van der Waals surface area contributed by atoms with Crippen molar-refractivity contribution >= 4 is 42.1 Å². The fourth-order valence-corrected chi connectivity index (χ4v) is 2.72. The van der Waals surface area contributed by atoms with Crippen molar-refractivity contribution in [2.45, 2.75) is 30.4 Å². The molecule has 0 saturated carbocycles. The summed E-state index contributed by atoms with van der Waals surface area (Å²) in [6.07, 6.45) is 1.09. The maximum atomic E-state index is 11.7. The number of nitrogens with one attached hydrogen (secondary N) is 3. The summed E-state index contributed by atoms with van der Waals surface area (Å²) in [5, 5.41) is 6.20. The zero-order valence-corrected chi connectivity index (χ0v) is 12.6. The minimum absolute atomic E-state index is 0.189. The van der Waals surface area contributed by atoms with E-state index in [0.29, 0.717) is 36.1 Å². The fourth-order valence-electron chi connectivity index (χ4n) is 1.67. The van der Waals surface area contributed by atoms with Gasteiger partial charge in [0, 0.05) is 12.2 Å². The van der Waals surface area contributed by atoms with Gasteiger partial charge in [-0.15, -0.1) is 12.6 Å². The molecule has 7 nitrogen and oxygen atoms in total. The molecule has 1 atom stereocenters. The van der Waals surface area contributed by atoms with Gasteiger partial charge in [-0.3, -0.25) is 9.59 Å². The predicted octanol–water partition coefficient (Wildman–Crippen LogP) is 1.21. The highest BCUT2D eigenvalue weighted by Gasteiger charge is 2.25. The molecule has 1 aliphatic rings. The number of aromatic amines is 1. The predicted molar refractivity (Wildman–Crippen MR) is 79.0 cm³/mol. The third-order valence-electron chi connectivity index (χ3n) is 2.52. The number of imidazole rings is 1. The van der Waals surface area contributed by atoms with E-state index in [1.165, 1.54) is 11.8 Å². The molecule has 110 valence electrons. The fraction of sp³-hybridized carbons (Fsp3) is 0.545. The van der Waals surface area contributed by atoms with Gasteiger partial charge >= 0.3 is 5.97 Å². The van der Waals surface area contributed by atoms with Crippen molar-refractivity contribution in [3.63, 3.8) is 0 Å². The van der Waals surface area contributed by atoms with Crippen molar-refractivity contribution in [2.24, 2.45) is 0 Å². The Morgan fingerprint density at radius 2 is 2.30 bits per heavy atom. The van der Waals surface area contributed by atoms with Crippen molar-refractivity contribution in [1.82, 2.24) is 15.3 Å². The second-order valence-corrected chi connectivity index (χ2v) is 5.64. The van der Waals surface area contributed by atoms with Gasteiger partial charge in [-0.05, 0) is 13.3 Å². The van der Waals surface area contributed by atoms with Crippen LogP contribution in [0.3, 0.4) is 0 Å². The number of esters is 1. The smallest absolute Gasteiger partial charge is 0.305 e. The molecular weight excluding hydrogens is 300 g/mol. The van der Waals surface area contributed by atoms with E-state index >= 15 is 0 Å². The Bertz CT molecular complexity index is 506. The second kappa shape index (κ2) is 6.89. The molecule has 3 N–H and O–H groups in total. The third kappa shape index (κ3) is 3.83. The number of fused-ring (bicyclic) bond motifs is 1. The molecule has 2 rings (SSSR count). The average Bonchev–Trinajstić information content (AvgIpc) is 2.78.